The molecule has 0 aromatic rings. The van der Waals surface area contributed by atoms with Crippen LogP contribution in [-0.2, 0) is 18.9 Å². The number of fused-ring (bicyclic) bond motifs is 20. The molecule has 0 saturated carbocycles. The molecule has 9 aliphatic heterocycles. The van der Waals surface area contributed by atoms with Gasteiger partial charge in [-0.05, 0) is 51.4 Å². The number of hydrogen-bond donors (Lipinski definition) is 12. The fraction of sp³-hybridized carbons (Fsp3) is 1.00. The molecular weight excluding hydrogens is 743 g/mol. The van der Waals surface area contributed by atoms with Gasteiger partial charge in [0.15, 0.2) is 6.17 Å². The normalized spacial score (nSPS) is 55.1. The van der Waals surface area contributed by atoms with E-state index in [9.17, 15) is 0 Å². The Balaban J connectivity index is 0.00000348. The third kappa shape index (κ3) is 6.63. The van der Waals surface area contributed by atoms with E-state index in [0.717, 1.165) is 51.4 Å². The molecule has 20 atom stereocenters. The lowest BCUT2D eigenvalue weighted by Crippen LogP contribution is -3.00. The summed E-state index contributed by atoms with van der Waals surface area (Å²) in [6.45, 7) is 0. The largest absolute Gasteiger partial charge is 1.00 e. The average Bonchev–Trinajstić information content (AvgIpc) is 3.85. The minimum absolute atomic E-state index is 0. The van der Waals surface area contributed by atoms with Crippen LogP contribution in [0.4, 0.5) is 0 Å². The molecular formula is C32H61IN12O4. The van der Waals surface area contributed by atoms with E-state index in [1.807, 2.05) is 28.4 Å². The molecule has 9 rings (SSSR count). The van der Waals surface area contributed by atoms with Crippen molar-refractivity contribution < 1.29 is 48.2 Å². The lowest BCUT2D eigenvalue weighted by atomic mass is 9.86. The quantitative estimate of drug-likeness (QED) is 0.120. The van der Waals surface area contributed by atoms with Crippen molar-refractivity contribution in [1.29, 1.82) is 0 Å². The molecule has 13 N–H and O–H groups in total. The minimum atomic E-state index is 0. The fourth-order valence-electron chi connectivity index (χ4n) is 11.3. The van der Waals surface area contributed by atoms with Gasteiger partial charge in [-0.15, -0.1) is 0 Å². The van der Waals surface area contributed by atoms with E-state index < -0.39 is 0 Å². The molecule has 280 valence electrons. The summed E-state index contributed by atoms with van der Waals surface area (Å²) in [5, 5.41) is 46.8. The Hall–Kier alpha value is 0.0900. The van der Waals surface area contributed by atoms with Crippen LogP contribution >= 0.6 is 0 Å². The summed E-state index contributed by atoms with van der Waals surface area (Å²) >= 11 is 0. The predicted octanol–water partition coefficient (Wildman–Crippen LogP) is -7.28. The number of quaternary nitrogens is 1. The molecule has 17 heteroatoms. The van der Waals surface area contributed by atoms with Crippen LogP contribution in [0.15, 0.2) is 0 Å². The van der Waals surface area contributed by atoms with Gasteiger partial charge in [-0.3, -0.25) is 58.5 Å². The second-order valence-corrected chi connectivity index (χ2v) is 15.9. The van der Waals surface area contributed by atoms with Gasteiger partial charge < -0.3 is 48.2 Å². The van der Waals surface area contributed by atoms with Crippen LogP contribution in [-0.4, -0.2) is 127 Å². The van der Waals surface area contributed by atoms with Crippen LogP contribution < -0.4 is 87.8 Å². The Labute approximate surface area is 307 Å². The monoisotopic (exact) mass is 804 g/mol. The molecule has 0 radical (unpaired) electrons. The van der Waals surface area contributed by atoms with E-state index in [1.165, 1.54) is 0 Å². The van der Waals surface area contributed by atoms with Crippen LogP contribution in [0.1, 0.15) is 51.4 Å². The van der Waals surface area contributed by atoms with Crippen LogP contribution in [0, 0.1) is 23.7 Å². The number of nitrogens with two attached hydrogens (primary N) is 1. The van der Waals surface area contributed by atoms with Gasteiger partial charge in [0.25, 0.3) is 0 Å². The van der Waals surface area contributed by atoms with Crippen molar-refractivity contribution in [1.82, 2.24) is 58.5 Å². The smallest absolute Gasteiger partial charge is 0.158 e. The van der Waals surface area contributed by atoms with Crippen LogP contribution in [0.2, 0.25) is 0 Å². The zero-order valence-corrected chi connectivity index (χ0v) is 31.4. The summed E-state index contributed by atoms with van der Waals surface area (Å²) < 4.78 is 23.5. The number of piperidine rings is 4. The molecule has 0 aromatic carbocycles. The SMILES string of the molecule is COC1CCC2C3NC(NC4NC(NC5[NH2+]C(NC6NC(N3)C3NC(OC)CCC63)C3NC(OC)CCC53)C3NC(OC)CCC43)C2N1.[I-]. The number of halogens is 1. The summed E-state index contributed by atoms with van der Waals surface area (Å²) in [7, 11) is 7.30. The van der Waals surface area contributed by atoms with Gasteiger partial charge in [0.05, 0.1) is 43.0 Å². The Morgan fingerprint density at radius 3 is 1.08 bits per heavy atom. The molecule has 0 spiro atoms. The van der Waals surface area contributed by atoms with Gasteiger partial charge in [0.2, 0.25) is 0 Å². The number of hydrogen-bond acceptors (Lipinski definition) is 15. The van der Waals surface area contributed by atoms with Crippen molar-refractivity contribution in [2.24, 2.45) is 23.7 Å². The Bertz CT molecular complexity index is 970. The summed E-state index contributed by atoms with van der Waals surface area (Å²) in [6.07, 6.45) is 9.85. The van der Waals surface area contributed by atoms with E-state index in [1.54, 1.807) is 0 Å². The fourth-order valence-corrected chi connectivity index (χ4v) is 11.3. The highest BCUT2D eigenvalue weighted by molar-refractivity contribution is 5.11. The maximum absolute atomic E-state index is 5.87. The van der Waals surface area contributed by atoms with Crippen molar-refractivity contribution in [3.05, 3.63) is 0 Å². The first-order valence-corrected chi connectivity index (χ1v) is 18.9. The van der Waals surface area contributed by atoms with Crippen molar-refractivity contribution in [2.45, 2.75) is 150 Å². The van der Waals surface area contributed by atoms with Crippen LogP contribution in [0.3, 0.4) is 0 Å². The van der Waals surface area contributed by atoms with Crippen molar-refractivity contribution >= 4 is 0 Å². The average molecular weight is 805 g/mol. The molecule has 9 saturated heterocycles. The second kappa shape index (κ2) is 15.1. The minimum Gasteiger partial charge on any atom is -1.00 e. The predicted molar refractivity (Wildman–Crippen MR) is 176 cm³/mol. The molecule has 9 heterocycles. The standard InChI is InChI=1S/C32H60N12O4.HI/c1-45-17-9-5-13-21(33-17)29-37-25(13)42-30-23-15(7-11-19(35-23)47-3)27(39-30)44-32-24-16(8-12-20(36-24)48-4)28(40-32)43-31-22-14(26(38-31)41-29)6-10-18(34-22)46-2;/h13-44H,5-12H2,1-4H3;1H. The number of rotatable bonds is 4. The van der Waals surface area contributed by atoms with Crippen molar-refractivity contribution in [3.63, 3.8) is 0 Å². The zero-order chi connectivity index (χ0) is 32.5. The number of ether oxygens (including phenoxy) is 4. The van der Waals surface area contributed by atoms with Gasteiger partial charge in [-0.1, -0.05) is 0 Å². The summed E-state index contributed by atoms with van der Waals surface area (Å²) in [4.78, 5) is 0. The summed E-state index contributed by atoms with van der Waals surface area (Å²) in [5.74, 6) is 1.72. The van der Waals surface area contributed by atoms with Gasteiger partial charge in [-0.2, -0.15) is 0 Å². The van der Waals surface area contributed by atoms with Crippen LogP contribution in [0.5, 0.6) is 0 Å². The van der Waals surface area contributed by atoms with Gasteiger partial charge in [-0.25, -0.2) is 0 Å². The highest BCUT2D eigenvalue weighted by atomic mass is 127. The Morgan fingerprint density at radius 2 is 0.673 bits per heavy atom. The Morgan fingerprint density at radius 1 is 0.347 bits per heavy atom. The van der Waals surface area contributed by atoms with Gasteiger partial charge in [0.1, 0.15) is 31.1 Å². The van der Waals surface area contributed by atoms with E-state index in [4.69, 9.17) is 18.9 Å². The maximum atomic E-state index is 5.87. The number of nitrogens with one attached hydrogen (secondary N) is 11. The van der Waals surface area contributed by atoms with E-state index in [0.29, 0.717) is 23.7 Å². The molecule has 9 fully saturated rings. The third-order valence-corrected chi connectivity index (χ3v) is 13.7. The van der Waals surface area contributed by atoms with Crippen molar-refractivity contribution in [3.8, 4) is 0 Å². The maximum Gasteiger partial charge on any atom is 0.158 e. The third-order valence-electron chi connectivity index (χ3n) is 13.7. The molecule has 0 aliphatic carbocycles. The highest BCUT2D eigenvalue weighted by Gasteiger charge is 2.57. The highest BCUT2D eigenvalue weighted by Crippen LogP contribution is 2.36. The molecule has 16 nitrogen and oxygen atoms in total. The molecule has 8 bridgehead atoms. The first-order chi connectivity index (χ1) is 23.5. The van der Waals surface area contributed by atoms with E-state index >= 15 is 0 Å². The van der Waals surface area contributed by atoms with Crippen LogP contribution in [0.25, 0.3) is 0 Å². The lowest BCUT2D eigenvalue weighted by molar-refractivity contribution is -0.715. The molecule has 49 heavy (non-hydrogen) atoms. The summed E-state index contributed by atoms with van der Waals surface area (Å²) in [6, 6.07) is 1.00. The topological polar surface area (TPSA) is 186 Å². The van der Waals surface area contributed by atoms with Gasteiger partial charge >= 0.3 is 0 Å². The Kier molecular flexibility index (Phi) is 11.1. The first kappa shape index (κ1) is 36.1. The van der Waals surface area contributed by atoms with E-state index in [2.05, 4.69) is 63.8 Å². The first-order valence-electron chi connectivity index (χ1n) is 18.9. The lowest BCUT2D eigenvalue weighted by Gasteiger charge is -2.39. The molecule has 20 unspecified atom stereocenters. The van der Waals surface area contributed by atoms with E-state index in [-0.39, 0.29) is 122 Å². The van der Waals surface area contributed by atoms with Gasteiger partial charge in [0, 0.05) is 70.2 Å². The molecule has 9 aliphatic rings. The molecule has 0 amide bonds. The second-order valence-electron chi connectivity index (χ2n) is 15.9. The van der Waals surface area contributed by atoms with Crippen molar-refractivity contribution in [2.75, 3.05) is 28.4 Å². The number of methoxy groups -OCH3 is 4. The summed E-state index contributed by atoms with van der Waals surface area (Å²) in [5.41, 5.74) is 0. The zero-order valence-electron chi connectivity index (χ0n) is 29.3. The molecule has 0 aromatic heterocycles.